The third-order valence-corrected chi connectivity index (χ3v) is 2.46. The van der Waals surface area contributed by atoms with E-state index in [0.717, 1.165) is 16.1 Å². The molecule has 2 rings (SSSR count). The third-order valence-electron chi connectivity index (χ3n) is 2.21. The Morgan fingerprint density at radius 3 is 1.69 bits per heavy atom. The fourth-order valence-electron chi connectivity index (χ4n) is 1.34. The zero-order valence-corrected chi connectivity index (χ0v) is 9.29. The SMILES string of the molecule is Fc1ccc(C=Cc2ccc(Cl)cc2)cc1. The van der Waals surface area contributed by atoms with Gasteiger partial charge in [-0.15, -0.1) is 0 Å². The summed E-state index contributed by atoms with van der Waals surface area (Å²) < 4.78 is 12.7. The Bertz CT molecular complexity index is 436. The van der Waals surface area contributed by atoms with Gasteiger partial charge in [-0.3, -0.25) is 0 Å². The van der Waals surface area contributed by atoms with E-state index in [4.69, 9.17) is 11.6 Å². The zero-order chi connectivity index (χ0) is 11.4. The van der Waals surface area contributed by atoms with Gasteiger partial charge in [-0.05, 0) is 35.4 Å². The summed E-state index contributed by atoms with van der Waals surface area (Å²) >= 11 is 5.78. The van der Waals surface area contributed by atoms with Crippen molar-refractivity contribution >= 4 is 23.8 Å². The molecular formula is C14H10ClF. The molecule has 0 aliphatic carbocycles. The lowest BCUT2D eigenvalue weighted by atomic mass is 10.1. The highest BCUT2D eigenvalue weighted by molar-refractivity contribution is 6.30. The molecule has 0 spiro atoms. The van der Waals surface area contributed by atoms with Crippen LogP contribution in [0.4, 0.5) is 4.39 Å². The van der Waals surface area contributed by atoms with Crippen LogP contribution in [0.3, 0.4) is 0 Å². The normalized spacial score (nSPS) is 10.9. The number of rotatable bonds is 2. The van der Waals surface area contributed by atoms with Crippen LogP contribution in [0.1, 0.15) is 11.1 Å². The van der Waals surface area contributed by atoms with E-state index in [1.54, 1.807) is 12.1 Å². The van der Waals surface area contributed by atoms with Gasteiger partial charge in [0.25, 0.3) is 0 Å². The van der Waals surface area contributed by atoms with Gasteiger partial charge in [-0.1, -0.05) is 48.0 Å². The Morgan fingerprint density at radius 2 is 1.19 bits per heavy atom. The molecule has 0 aliphatic rings. The first-order chi connectivity index (χ1) is 7.74. The van der Waals surface area contributed by atoms with Crippen LogP contribution in [0.5, 0.6) is 0 Å². The monoisotopic (exact) mass is 232 g/mol. The molecule has 80 valence electrons. The first-order valence-corrected chi connectivity index (χ1v) is 5.31. The summed E-state index contributed by atoms with van der Waals surface area (Å²) in [5.41, 5.74) is 2.03. The average molecular weight is 233 g/mol. The fourth-order valence-corrected chi connectivity index (χ4v) is 1.47. The van der Waals surface area contributed by atoms with Crippen molar-refractivity contribution in [2.24, 2.45) is 0 Å². The summed E-state index contributed by atoms with van der Waals surface area (Å²) in [6, 6.07) is 13.9. The lowest BCUT2D eigenvalue weighted by molar-refractivity contribution is 0.628. The average Bonchev–Trinajstić information content (AvgIpc) is 2.30. The molecular weight excluding hydrogens is 223 g/mol. The van der Waals surface area contributed by atoms with Crippen LogP contribution in [-0.2, 0) is 0 Å². The molecule has 0 amide bonds. The van der Waals surface area contributed by atoms with E-state index in [0.29, 0.717) is 0 Å². The number of halogens is 2. The van der Waals surface area contributed by atoms with Crippen LogP contribution >= 0.6 is 11.6 Å². The quantitative estimate of drug-likeness (QED) is 0.662. The molecule has 0 unspecified atom stereocenters. The van der Waals surface area contributed by atoms with Crippen LogP contribution in [-0.4, -0.2) is 0 Å². The molecule has 0 atom stereocenters. The second-order valence-electron chi connectivity index (χ2n) is 3.44. The van der Waals surface area contributed by atoms with Crippen LogP contribution in [0, 0.1) is 5.82 Å². The molecule has 2 aromatic rings. The van der Waals surface area contributed by atoms with E-state index in [9.17, 15) is 4.39 Å². The number of hydrogen-bond acceptors (Lipinski definition) is 0. The van der Waals surface area contributed by atoms with E-state index in [1.807, 2.05) is 36.4 Å². The summed E-state index contributed by atoms with van der Waals surface area (Å²) in [6.07, 6.45) is 3.90. The maximum atomic E-state index is 12.7. The standard InChI is InChI=1S/C14H10ClF/c15-13-7-3-11(4-8-13)1-2-12-5-9-14(16)10-6-12/h1-10H. The van der Waals surface area contributed by atoms with Gasteiger partial charge < -0.3 is 0 Å². The second-order valence-corrected chi connectivity index (χ2v) is 3.87. The van der Waals surface area contributed by atoms with Crippen molar-refractivity contribution in [2.75, 3.05) is 0 Å². The van der Waals surface area contributed by atoms with Crippen LogP contribution < -0.4 is 0 Å². The predicted octanol–water partition coefficient (Wildman–Crippen LogP) is 4.65. The van der Waals surface area contributed by atoms with Crippen molar-refractivity contribution in [3.63, 3.8) is 0 Å². The predicted molar refractivity (Wildman–Crippen MR) is 66.8 cm³/mol. The van der Waals surface area contributed by atoms with Crippen molar-refractivity contribution in [3.8, 4) is 0 Å². The van der Waals surface area contributed by atoms with Crippen molar-refractivity contribution in [2.45, 2.75) is 0 Å². The van der Waals surface area contributed by atoms with E-state index in [2.05, 4.69) is 0 Å². The topological polar surface area (TPSA) is 0 Å². The zero-order valence-electron chi connectivity index (χ0n) is 8.53. The molecule has 2 heteroatoms. The van der Waals surface area contributed by atoms with Gasteiger partial charge in [0.15, 0.2) is 0 Å². The summed E-state index contributed by atoms with van der Waals surface area (Å²) in [5.74, 6) is -0.219. The molecule has 0 saturated carbocycles. The summed E-state index contributed by atoms with van der Waals surface area (Å²) in [7, 11) is 0. The Balaban J connectivity index is 2.15. The molecule has 0 N–H and O–H groups in total. The maximum Gasteiger partial charge on any atom is 0.123 e. The third kappa shape index (κ3) is 2.94. The minimum Gasteiger partial charge on any atom is -0.207 e. The van der Waals surface area contributed by atoms with Gasteiger partial charge >= 0.3 is 0 Å². The lowest BCUT2D eigenvalue weighted by Crippen LogP contribution is -1.75. The Hall–Kier alpha value is -1.60. The molecule has 0 heterocycles. The van der Waals surface area contributed by atoms with Crippen LogP contribution in [0.25, 0.3) is 12.2 Å². The van der Waals surface area contributed by atoms with Gasteiger partial charge in [-0.2, -0.15) is 0 Å². The van der Waals surface area contributed by atoms with E-state index >= 15 is 0 Å². The molecule has 0 aromatic heterocycles. The first-order valence-electron chi connectivity index (χ1n) is 4.93. The first kappa shape index (κ1) is 10.9. The molecule has 2 aromatic carbocycles. The van der Waals surface area contributed by atoms with E-state index in [1.165, 1.54) is 12.1 Å². The van der Waals surface area contributed by atoms with Gasteiger partial charge in [-0.25, -0.2) is 4.39 Å². The van der Waals surface area contributed by atoms with E-state index < -0.39 is 0 Å². The summed E-state index contributed by atoms with van der Waals surface area (Å²) in [4.78, 5) is 0. The molecule has 0 aliphatic heterocycles. The molecule has 0 bridgehead atoms. The minimum atomic E-state index is -0.219. The fraction of sp³-hybridized carbons (Fsp3) is 0. The van der Waals surface area contributed by atoms with Crippen molar-refractivity contribution in [1.29, 1.82) is 0 Å². The molecule has 0 radical (unpaired) electrons. The summed E-state index contributed by atoms with van der Waals surface area (Å²) in [6.45, 7) is 0. The highest BCUT2D eigenvalue weighted by Gasteiger charge is 1.90. The highest BCUT2D eigenvalue weighted by atomic mass is 35.5. The van der Waals surface area contributed by atoms with Crippen LogP contribution in [0.2, 0.25) is 5.02 Å². The summed E-state index contributed by atoms with van der Waals surface area (Å²) in [5, 5.41) is 0.721. The van der Waals surface area contributed by atoms with Gasteiger partial charge in [0.1, 0.15) is 5.82 Å². The van der Waals surface area contributed by atoms with Crippen molar-refractivity contribution in [3.05, 3.63) is 70.5 Å². The Labute approximate surface area is 99.0 Å². The van der Waals surface area contributed by atoms with Crippen molar-refractivity contribution < 1.29 is 4.39 Å². The lowest BCUT2D eigenvalue weighted by Gasteiger charge is -1.95. The molecule has 0 saturated heterocycles. The highest BCUT2D eigenvalue weighted by Crippen LogP contribution is 2.12. The second kappa shape index (κ2) is 4.95. The maximum absolute atomic E-state index is 12.7. The molecule has 0 nitrogen and oxygen atoms in total. The number of benzene rings is 2. The Morgan fingerprint density at radius 1 is 0.750 bits per heavy atom. The van der Waals surface area contributed by atoms with Crippen LogP contribution in [0.15, 0.2) is 48.5 Å². The molecule has 0 fully saturated rings. The molecule has 16 heavy (non-hydrogen) atoms. The Kier molecular flexibility index (Phi) is 3.37. The number of hydrogen-bond donors (Lipinski definition) is 0. The van der Waals surface area contributed by atoms with Gasteiger partial charge in [0.2, 0.25) is 0 Å². The van der Waals surface area contributed by atoms with Gasteiger partial charge in [0, 0.05) is 5.02 Å². The van der Waals surface area contributed by atoms with E-state index in [-0.39, 0.29) is 5.82 Å². The van der Waals surface area contributed by atoms with Crippen molar-refractivity contribution in [1.82, 2.24) is 0 Å². The minimum absolute atomic E-state index is 0.219. The smallest absolute Gasteiger partial charge is 0.123 e. The largest absolute Gasteiger partial charge is 0.207 e. The van der Waals surface area contributed by atoms with Gasteiger partial charge in [0.05, 0.1) is 0 Å².